The fourth-order valence-electron chi connectivity index (χ4n) is 2.26. The van der Waals surface area contributed by atoms with Gasteiger partial charge in [0, 0.05) is 0 Å². The summed E-state index contributed by atoms with van der Waals surface area (Å²) in [4.78, 5) is 22.2. The summed E-state index contributed by atoms with van der Waals surface area (Å²) < 4.78 is 0. The van der Waals surface area contributed by atoms with Crippen LogP contribution in [0.25, 0.3) is 0 Å². The van der Waals surface area contributed by atoms with E-state index in [2.05, 4.69) is 29.6 Å². The van der Waals surface area contributed by atoms with Gasteiger partial charge in [-0.1, -0.05) is 54.6 Å². The maximum absolute atomic E-state index is 11.6. The standard InChI is InChI=1S/C12H16N2O4.C7H6/c13-9(6-8-4-2-1-3-5-8)11(16)14-10(7-15)12(17)18;1-2-4-7-5-6(7)3-1/h1-5,9-10,15H,6-7,13H2,(H,14,16)(H,17,18);1-4H,5H2/t9?,10-;/m0./s1. The molecular weight excluding hydrogens is 320 g/mol. The first kappa shape index (κ1) is 18.6. The molecule has 3 rings (SSSR count). The van der Waals surface area contributed by atoms with E-state index in [-0.39, 0.29) is 0 Å². The quantitative estimate of drug-likeness (QED) is 0.527. The lowest BCUT2D eigenvalue weighted by molar-refractivity contribution is -0.143. The first-order chi connectivity index (χ1) is 12.0. The number of nitrogens with one attached hydrogen (secondary N) is 1. The maximum atomic E-state index is 11.6. The molecule has 0 heterocycles. The van der Waals surface area contributed by atoms with Crippen molar-refractivity contribution in [3.05, 3.63) is 71.3 Å². The number of rotatable bonds is 6. The minimum Gasteiger partial charge on any atom is -0.480 e. The second-order valence-corrected chi connectivity index (χ2v) is 5.82. The van der Waals surface area contributed by atoms with E-state index < -0.39 is 30.6 Å². The summed E-state index contributed by atoms with van der Waals surface area (Å²) in [6, 6.07) is 15.5. The van der Waals surface area contributed by atoms with Gasteiger partial charge in [-0.15, -0.1) is 0 Å². The zero-order chi connectivity index (χ0) is 18.2. The Hall–Kier alpha value is -2.70. The highest BCUT2D eigenvalue weighted by Gasteiger charge is 2.22. The number of carboxylic acid groups (broad SMARTS) is 1. The smallest absolute Gasteiger partial charge is 0.328 e. The molecule has 0 spiro atoms. The number of hydrogen-bond acceptors (Lipinski definition) is 4. The first-order valence-corrected chi connectivity index (χ1v) is 8.01. The summed E-state index contributed by atoms with van der Waals surface area (Å²) in [5.41, 5.74) is 9.61. The van der Waals surface area contributed by atoms with Crippen molar-refractivity contribution in [2.24, 2.45) is 5.73 Å². The van der Waals surface area contributed by atoms with Crippen LogP contribution in [0.2, 0.25) is 0 Å². The van der Waals surface area contributed by atoms with Gasteiger partial charge in [-0.05, 0) is 29.5 Å². The Kier molecular flexibility index (Phi) is 6.68. The highest BCUT2D eigenvalue weighted by atomic mass is 16.4. The lowest BCUT2D eigenvalue weighted by atomic mass is 10.1. The summed E-state index contributed by atoms with van der Waals surface area (Å²) in [7, 11) is 0. The van der Waals surface area contributed by atoms with Gasteiger partial charge in [0.1, 0.15) is 6.04 Å². The van der Waals surface area contributed by atoms with Crippen LogP contribution in [0, 0.1) is 0 Å². The number of hydrogen-bond donors (Lipinski definition) is 4. The lowest BCUT2D eigenvalue weighted by Crippen LogP contribution is -2.50. The Morgan fingerprint density at radius 3 is 2.08 bits per heavy atom. The molecule has 6 heteroatoms. The molecule has 0 aromatic heterocycles. The third-order valence-electron chi connectivity index (χ3n) is 3.81. The number of amides is 1. The fraction of sp³-hybridized carbons (Fsp3) is 0.263. The van der Waals surface area contributed by atoms with Crippen molar-refractivity contribution in [2.75, 3.05) is 6.61 Å². The Bertz CT molecular complexity index is 697. The molecule has 0 radical (unpaired) electrons. The number of nitrogens with two attached hydrogens (primary N) is 1. The van der Waals surface area contributed by atoms with Crippen LogP contribution in [-0.4, -0.2) is 40.8 Å². The molecule has 25 heavy (non-hydrogen) atoms. The number of carbonyl (C=O) groups excluding carboxylic acids is 1. The van der Waals surface area contributed by atoms with Crippen molar-refractivity contribution < 1.29 is 19.8 Å². The van der Waals surface area contributed by atoms with Gasteiger partial charge in [0.05, 0.1) is 12.6 Å². The first-order valence-electron chi connectivity index (χ1n) is 8.01. The van der Waals surface area contributed by atoms with Crippen LogP contribution >= 0.6 is 0 Å². The van der Waals surface area contributed by atoms with Crippen LogP contribution in [0.1, 0.15) is 16.7 Å². The molecule has 0 saturated carbocycles. The molecule has 1 aliphatic carbocycles. The lowest BCUT2D eigenvalue weighted by Gasteiger charge is -2.16. The van der Waals surface area contributed by atoms with E-state index in [0.29, 0.717) is 6.42 Å². The topological polar surface area (TPSA) is 113 Å². The Morgan fingerprint density at radius 1 is 1.04 bits per heavy atom. The van der Waals surface area contributed by atoms with Crippen molar-refractivity contribution in [3.63, 3.8) is 0 Å². The SMILES string of the molecule is NC(Cc1ccccc1)C(=O)N[C@@H](CO)C(=O)O.c1ccc2c(c1)C2. The Morgan fingerprint density at radius 2 is 1.60 bits per heavy atom. The van der Waals surface area contributed by atoms with E-state index in [1.807, 2.05) is 30.3 Å². The maximum Gasteiger partial charge on any atom is 0.328 e. The van der Waals surface area contributed by atoms with E-state index in [1.165, 1.54) is 17.5 Å². The summed E-state index contributed by atoms with van der Waals surface area (Å²) >= 11 is 0. The molecular formula is C19H22N2O4. The second kappa shape index (κ2) is 8.96. The summed E-state index contributed by atoms with van der Waals surface area (Å²) in [6.07, 6.45) is 1.55. The predicted octanol–water partition coefficient (Wildman–Crippen LogP) is 0.709. The zero-order valence-electron chi connectivity index (χ0n) is 13.8. The highest BCUT2D eigenvalue weighted by molar-refractivity contribution is 5.87. The number of aliphatic hydroxyl groups is 1. The van der Waals surface area contributed by atoms with Crippen molar-refractivity contribution in [2.45, 2.75) is 24.9 Å². The predicted molar refractivity (Wildman–Crippen MR) is 94.0 cm³/mol. The minimum absolute atomic E-state index is 0.310. The van der Waals surface area contributed by atoms with Crippen LogP contribution in [-0.2, 0) is 22.4 Å². The number of aliphatic carboxylic acids is 1. The molecule has 1 unspecified atom stereocenters. The van der Waals surface area contributed by atoms with Crippen molar-refractivity contribution in [3.8, 4) is 0 Å². The number of aliphatic hydroxyl groups excluding tert-OH is 1. The second-order valence-electron chi connectivity index (χ2n) is 5.82. The summed E-state index contributed by atoms with van der Waals surface area (Å²) in [5.74, 6) is -1.89. The van der Waals surface area contributed by atoms with E-state index in [4.69, 9.17) is 15.9 Å². The molecule has 6 nitrogen and oxygen atoms in total. The van der Waals surface area contributed by atoms with Crippen LogP contribution in [0.4, 0.5) is 0 Å². The monoisotopic (exact) mass is 342 g/mol. The highest BCUT2D eigenvalue weighted by Crippen LogP contribution is 2.25. The van der Waals surface area contributed by atoms with Gasteiger partial charge in [-0.3, -0.25) is 4.79 Å². The van der Waals surface area contributed by atoms with E-state index in [1.54, 1.807) is 0 Å². The Balaban J connectivity index is 0.000000261. The molecule has 1 aliphatic rings. The van der Waals surface area contributed by atoms with Gasteiger partial charge in [0.15, 0.2) is 0 Å². The zero-order valence-corrected chi connectivity index (χ0v) is 13.8. The van der Waals surface area contributed by atoms with E-state index in [9.17, 15) is 9.59 Å². The van der Waals surface area contributed by atoms with Crippen LogP contribution < -0.4 is 11.1 Å². The largest absolute Gasteiger partial charge is 0.480 e. The van der Waals surface area contributed by atoms with Crippen LogP contribution in [0.5, 0.6) is 0 Å². The van der Waals surface area contributed by atoms with Gasteiger partial charge >= 0.3 is 5.97 Å². The molecule has 2 atom stereocenters. The molecule has 1 amide bonds. The van der Waals surface area contributed by atoms with Crippen LogP contribution in [0.15, 0.2) is 54.6 Å². The molecule has 0 fully saturated rings. The molecule has 2 aromatic carbocycles. The van der Waals surface area contributed by atoms with Crippen LogP contribution in [0.3, 0.4) is 0 Å². The molecule has 5 N–H and O–H groups in total. The van der Waals surface area contributed by atoms with Gasteiger partial charge in [-0.25, -0.2) is 4.79 Å². The summed E-state index contributed by atoms with van der Waals surface area (Å²) in [5, 5.41) is 19.6. The van der Waals surface area contributed by atoms with Gasteiger partial charge < -0.3 is 21.3 Å². The average Bonchev–Trinajstić information content (AvgIpc) is 3.40. The van der Waals surface area contributed by atoms with Gasteiger partial charge in [-0.2, -0.15) is 0 Å². The van der Waals surface area contributed by atoms with Gasteiger partial charge in [0.25, 0.3) is 0 Å². The van der Waals surface area contributed by atoms with Crippen molar-refractivity contribution >= 4 is 11.9 Å². The molecule has 0 aliphatic heterocycles. The number of carbonyl (C=O) groups is 2. The molecule has 0 bridgehead atoms. The number of carboxylic acids is 1. The number of fused-ring (bicyclic) bond motifs is 1. The van der Waals surface area contributed by atoms with Crippen molar-refractivity contribution in [1.82, 2.24) is 5.32 Å². The normalized spacial score (nSPS) is 13.5. The minimum atomic E-state index is -1.32. The fourth-order valence-corrected chi connectivity index (χ4v) is 2.26. The average molecular weight is 342 g/mol. The van der Waals surface area contributed by atoms with E-state index in [0.717, 1.165) is 5.56 Å². The van der Waals surface area contributed by atoms with Gasteiger partial charge in [0.2, 0.25) is 5.91 Å². The third-order valence-corrected chi connectivity index (χ3v) is 3.81. The van der Waals surface area contributed by atoms with Crippen molar-refractivity contribution in [1.29, 1.82) is 0 Å². The molecule has 2 aromatic rings. The Labute approximate surface area is 146 Å². The molecule has 0 saturated heterocycles. The molecule has 132 valence electrons. The van der Waals surface area contributed by atoms with E-state index >= 15 is 0 Å². The summed E-state index contributed by atoms with van der Waals surface area (Å²) in [6.45, 7) is -0.668. The third kappa shape index (κ3) is 6.02. The number of benzene rings is 2.